The Morgan fingerprint density at radius 3 is 2.45 bits per heavy atom. The van der Waals surface area contributed by atoms with Gasteiger partial charge < -0.3 is 9.30 Å². The minimum absolute atomic E-state index is 0.186. The number of ether oxygens (including phenoxy) is 1. The smallest absolute Gasteiger partial charge is 0.325 e. The number of esters is 1. The molecule has 0 aromatic carbocycles. The van der Waals surface area contributed by atoms with Gasteiger partial charge in [0.2, 0.25) is 0 Å². The van der Waals surface area contributed by atoms with Crippen molar-refractivity contribution in [3.05, 3.63) is 18.2 Å². The minimum Gasteiger partial charge on any atom is -0.468 e. The predicted octanol–water partition coefficient (Wildman–Crippen LogP) is 2.52. The minimum atomic E-state index is -0.186. The number of hydrogen-bond donors (Lipinski definition) is 0. The monoisotopic (exact) mass is 274 g/mol. The molecule has 0 radical (unpaired) electrons. The van der Waals surface area contributed by atoms with E-state index < -0.39 is 0 Å². The number of rotatable bonds is 3. The average Bonchev–Trinajstić information content (AvgIpc) is 2.86. The van der Waals surface area contributed by atoms with Gasteiger partial charge in [-0.25, -0.2) is 4.98 Å². The fourth-order valence-corrected chi connectivity index (χ4v) is 5.49. The Morgan fingerprint density at radius 2 is 1.90 bits per heavy atom. The summed E-state index contributed by atoms with van der Waals surface area (Å²) in [5.74, 6) is 3.63. The van der Waals surface area contributed by atoms with E-state index in [2.05, 4.69) is 4.98 Å². The second-order valence-electron chi connectivity index (χ2n) is 7.15. The highest BCUT2D eigenvalue weighted by Crippen LogP contribution is 2.60. The fraction of sp³-hybridized carbons (Fsp3) is 0.750. The maximum atomic E-state index is 11.6. The summed E-state index contributed by atoms with van der Waals surface area (Å²) in [7, 11) is 1.45. The van der Waals surface area contributed by atoms with Gasteiger partial charge in [-0.15, -0.1) is 0 Å². The molecule has 0 N–H and O–H groups in total. The fourth-order valence-electron chi connectivity index (χ4n) is 5.49. The highest BCUT2D eigenvalue weighted by Gasteiger charge is 2.53. The van der Waals surface area contributed by atoms with Crippen molar-refractivity contribution in [2.45, 2.75) is 50.5 Å². The standard InChI is InChI=1S/C16H22N2O2/c1-20-14(19)10-18-3-2-17-15(18)16-7-11-4-12(8-16)6-13(5-11)9-16/h2-3,11-13H,4-10H2,1H3. The van der Waals surface area contributed by atoms with Crippen LogP contribution >= 0.6 is 0 Å². The number of aromatic nitrogens is 2. The van der Waals surface area contributed by atoms with Gasteiger partial charge in [-0.2, -0.15) is 0 Å². The summed E-state index contributed by atoms with van der Waals surface area (Å²) in [6.45, 7) is 0.299. The predicted molar refractivity (Wildman–Crippen MR) is 74.1 cm³/mol. The van der Waals surface area contributed by atoms with E-state index in [1.807, 2.05) is 17.0 Å². The Bertz CT molecular complexity index is 499. The van der Waals surface area contributed by atoms with Crippen LogP contribution in [0, 0.1) is 17.8 Å². The quantitative estimate of drug-likeness (QED) is 0.796. The second kappa shape index (κ2) is 4.34. The lowest BCUT2D eigenvalue weighted by Gasteiger charge is -2.56. The number of carbonyl (C=O) groups is 1. The van der Waals surface area contributed by atoms with Crippen LogP contribution in [0.4, 0.5) is 0 Å². The molecule has 4 bridgehead atoms. The summed E-state index contributed by atoms with van der Waals surface area (Å²) in [6, 6.07) is 0. The van der Waals surface area contributed by atoms with Crippen molar-refractivity contribution in [1.82, 2.24) is 9.55 Å². The van der Waals surface area contributed by atoms with Crippen LogP contribution in [0.2, 0.25) is 0 Å². The van der Waals surface area contributed by atoms with E-state index in [0.29, 0.717) is 6.54 Å². The van der Waals surface area contributed by atoms with Crippen LogP contribution in [-0.2, 0) is 21.5 Å². The molecular formula is C16H22N2O2. The lowest BCUT2D eigenvalue weighted by Crippen LogP contribution is -2.49. The molecular weight excluding hydrogens is 252 g/mol. The zero-order chi connectivity index (χ0) is 13.7. The molecule has 4 aliphatic carbocycles. The van der Waals surface area contributed by atoms with E-state index >= 15 is 0 Å². The molecule has 4 fully saturated rings. The molecule has 0 unspecified atom stereocenters. The first-order valence-electron chi connectivity index (χ1n) is 7.77. The molecule has 20 heavy (non-hydrogen) atoms. The summed E-state index contributed by atoms with van der Waals surface area (Å²) in [5, 5.41) is 0. The average molecular weight is 274 g/mol. The second-order valence-corrected chi connectivity index (χ2v) is 7.15. The summed E-state index contributed by atoms with van der Waals surface area (Å²) in [4.78, 5) is 16.2. The highest BCUT2D eigenvalue weighted by molar-refractivity contribution is 5.69. The summed E-state index contributed by atoms with van der Waals surface area (Å²) in [6.07, 6.45) is 11.9. The maximum absolute atomic E-state index is 11.6. The third kappa shape index (κ3) is 1.80. The number of methoxy groups -OCH3 is 1. The van der Waals surface area contributed by atoms with Crippen molar-refractivity contribution in [1.29, 1.82) is 0 Å². The van der Waals surface area contributed by atoms with Crippen molar-refractivity contribution >= 4 is 5.97 Å². The molecule has 4 aliphatic rings. The van der Waals surface area contributed by atoms with Crippen LogP contribution in [0.3, 0.4) is 0 Å². The van der Waals surface area contributed by atoms with Gasteiger partial charge in [0.15, 0.2) is 0 Å². The molecule has 0 atom stereocenters. The zero-order valence-electron chi connectivity index (χ0n) is 12.0. The summed E-state index contributed by atoms with van der Waals surface area (Å²) in [5.41, 5.74) is 0.242. The van der Waals surface area contributed by atoms with Crippen LogP contribution in [0.1, 0.15) is 44.3 Å². The van der Waals surface area contributed by atoms with Gasteiger partial charge in [0.1, 0.15) is 12.4 Å². The summed E-state index contributed by atoms with van der Waals surface area (Å²) < 4.78 is 6.84. The van der Waals surface area contributed by atoms with E-state index in [1.54, 1.807) is 0 Å². The van der Waals surface area contributed by atoms with Gasteiger partial charge in [-0.1, -0.05) is 0 Å². The van der Waals surface area contributed by atoms with Crippen molar-refractivity contribution in [3.8, 4) is 0 Å². The van der Waals surface area contributed by atoms with Gasteiger partial charge in [0, 0.05) is 17.8 Å². The molecule has 4 saturated carbocycles. The van der Waals surface area contributed by atoms with E-state index in [4.69, 9.17) is 4.74 Å². The Morgan fingerprint density at radius 1 is 1.30 bits per heavy atom. The Labute approximate surface area is 119 Å². The third-order valence-electron chi connectivity index (χ3n) is 5.76. The Balaban J connectivity index is 1.67. The topological polar surface area (TPSA) is 44.1 Å². The Kier molecular flexibility index (Phi) is 2.69. The maximum Gasteiger partial charge on any atom is 0.325 e. The molecule has 0 saturated heterocycles. The number of imidazole rings is 1. The van der Waals surface area contributed by atoms with Crippen molar-refractivity contribution in [3.63, 3.8) is 0 Å². The molecule has 1 heterocycles. The Hall–Kier alpha value is -1.32. The first-order chi connectivity index (χ1) is 9.68. The van der Waals surface area contributed by atoms with Crippen molar-refractivity contribution in [2.24, 2.45) is 17.8 Å². The van der Waals surface area contributed by atoms with Gasteiger partial charge in [0.05, 0.1) is 7.11 Å². The van der Waals surface area contributed by atoms with Gasteiger partial charge >= 0.3 is 5.97 Å². The normalized spacial score (nSPS) is 38.1. The van der Waals surface area contributed by atoms with Gasteiger partial charge in [0.25, 0.3) is 0 Å². The van der Waals surface area contributed by atoms with Crippen LogP contribution in [-0.4, -0.2) is 22.6 Å². The van der Waals surface area contributed by atoms with E-state index in [1.165, 1.54) is 45.6 Å². The first kappa shape index (κ1) is 12.4. The van der Waals surface area contributed by atoms with Crippen LogP contribution in [0.5, 0.6) is 0 Å². The van der Waals surface area contributed by atoms with Crippen LogP contribution in [0.25, 0.3) is 0 Å². The highest BCUT2D eigenvalue weighted by atomic mass is 16.5. The van der Waals surface area contributed by atoms with Crippen LogP contribution < -0.4 is 0 Å². The largest absolute Gasteiger partial charge is 0.468 e. The number of hydrogen-bond acceptors (Lipinski definition) is 3. The molecule has 1 aromatic rings. The van der Waals surface area contributed by atoms with Crippen molar-refractivity contribution < 1.29 is 9.53 Å². The van der Waals surface area contributed by atoms with Crippen LogP contribution in [0.15, 0.2) is 12.4 Å². The molecule has 1 aromatic heterocycles. The number of nitrogens with zero attached hydrogens (tertiary/aromatic N) is 2. The van der Waals surface area contributed by atoms with E-state index in [-0.39, 0.29) is 11.4 Å². The van der Waals surface area contributed by atoms with Gasteiger partial charge in [-0.3, -0.25) is 4.79 Å². The molecule has 4 heteroatoms. The zero-order valence-corrected chi connectivity index (χ0v) is 12.0. The molecule has 108 valence electrons. The summed E-state index contributed by atoms with van der Waals surface area (Å²) >= 11 is 0. The van der Waals surface area contributed by atoms with Crippen molar-refractivity contribution in [2.75, 3.05) is 7.11 Å². The lowest BCUT2D eigenvalue weighted by molar-refractivity contribution is -0.141. The third-order valence-corrected chi connectivity index (χ3v) is 5.76. The number of carbonyl (C=O) groups excluding carboxylic acids is 1. The first-order valence-corrected chi connectivity index (χ1v) is 7.77. The van der Waals surface area contributed by atoms with Gasteiger partial charge in [-0.05, 0) is 56.3 Å². The lowest BCUT2D eigenvalue weighted by atomic mass is 9.49. The molecule has 5 rings (SSSR count). The molecule has 0 spiro atoms. The SMILES string of the molecule is COC(=O)Cn1ccnc1C12CC3CC(CC(C3)C1)C2. The molecule has 0 amide bonds. The van der Waals surface area contributed by atoms with E-state index in [0.717, 1.165) is 23.6 Å². The molecule has 0 aliphatic heterocycles. The van der Waals surface area contributed by atoms with E-state index in [9.17, 15) is 4.79 Å². The molecule has 4 nitrogen and oxygen atoms in total.